The van der Waals surface area contributed by atoms with Crippen LogP contribution in [0.5, 0.6) is 0 Å². The van der Waals surface area contributed by atoms with Crippen LogP contribution in [-0.4, -0.2) is 37.0 Å². The molecule has 0 atom stereocenters. The van der Waals surface area contributed by atoms with E-state index in [9.17, 15) is 14.0 Å². The van der Waals surface area contributed by atoms with Gasteiger partial charge in [0, 0.05) is 24.0 Å². The van der Waals surface area contributed by atoms with E-state index in [4.69, 9.17) is 4.74 Å². The zero-order chi connectivity index (χ0) is 19.4. The monoisotopic (exact) mass is 388 g/mol. The lowest BCUT2D eigenvalue weighted by molar-refractivity contribution is -0.111. The lowest BCUT2D eigenvalue weighted by Gasteiger charge is -2.22. The van der Waals surface area contributed by atoms with Crippen molar-refractivity contribution >= 4 is 34.3 Å². The number of thiophene rings is 1. The summed E-state index contributed by atoms with van der Waals surface area (Å²) >= 11 is 1.40. The van der Waals surface area contributed by atoms with Crippen LogP contribution in [0.3, 0.4) is 0 Å². The normalized spacial score (nSPS) is 14.2. The van der Waals surface area contributed by atoms with Crippen LogP contribution in [0.4, 0.5) is 9.39 Å². The molecule has 3 rings (SSSR count). The third-order valence-corrected chi connectivity index (χ3v) is 5.37. The molecule has 1 aromatic carbocycles. The molecular weight excluding hydrogens is 367 g/mol. The van der Waals surface area contributed by atoms with Gasteiger partial charge in [-0.25, -0.2) is 9.18 Å². The van der Waals surface area contributed by atoms with Gasteiger partial charge in [-0.05, 0) is 49.7 Å². The molecule has 1 aromatic heterocycles. The molecule has 0 saturated carbocycles. The van der Waals surface area contributed by atoms with Gasteiger partial charge in [-0.2, -0.15) is 0 Å². The number of carbonyl (C=O) groups is 2. The van der Waals surface area contributed by atoms with Crippen LogP contribution in [0.2, 0.25) is 0 Å². The minimum Gasteiger partial charge on any atom is -0.462 e. The number of anilines is 1. The maximum Gasteiger partial charge on any atom is 0.341 e. The summed E-state index contributed by atoms with van der Waals surface area (Å²) in [5, 5.41) is 3.29. The molecule has 0 bridgehead atoms. The summed E-state index contributed by atoms with van der Waals surface area (Å²) in [6.07, 6.45) is 3.60. The number of nitrogens with zero attached hydrogens (tertiary/aromatic N) is 1. The number of rotatable bonds is 5. The molecule has 142 valence electrons. The topological polar surface area (TPSA) is 58.6 Å². The van der Waals surface area contributed by atoms with Gasteiger partial charge in [-0.15, -0.1) is 11.3 Å². The number of esters is 1. The molecule has 0 unspecified atom stereocenters. The van der Waals surface area contributed by atoms with Gasteiger partial charge in [0.05, 0.1) is 12.2 Å². The molecule has 0 radical (unpaired) electrons. The van der Waals surface area contributed by atoms with Gasteiger partial charge >= 0.3 is 5.97 Å². The number of hydrogen-bond donors (Lipinski definition) is 1. The van der Waals surface area contributed by atoms with E-state index in [0.717, 1.165) is 30.0 Å². The van der Waals surface area contributed by atoms with Crippen molar-refractivity contribution in [1.29, 1.82) is 0 Å². The Morgan fingerprint density at radius 2 is 2.22 bits per heavy atom. The fourth-order valence-corrected chi connectivity index (χ4v) is 4.29. The average Bonchev–Trinajstić information content (AvgIpc) is 2.97. The number of nitrogens with one attached hydrogen (secondary N) is 1. The zero-order valence-electron chi connectivity index (χ0n) is 15.3. The molecule has 1 aliphatic rings. The highest BCUT2D eigenvalue weighted by Crippen LogP contribution is 2.37. The Morgan fingerprint density at radius 3 is 2.96 bits per heavy atom. The van der Waals surface area contributed by atoms with Crippen LogP contribution in [0, 0.1) is 5.82 Å². The number of hydrogen-bond acceptors (Lipinski definition) is 5. The molecule has 0 saturated heterocycles. The number of benzene rings is 1. The molecular formula is C20H21FN2O3S. The maximum absolute atomic E-state index is 13.2. The predicted molar refractivity (Wildman–Crippen MR) is 104 cm³/mol. The van der Waals surface area contributed by atoms with Gasteiger partial charge in [-0.3, -0.25) is 4.79 Å². The van der Waals surface area contributed by atoms with E-state index in [1.54, 1.807) is 19.1 Å². The van der Waals surface area contributed by atoms with Crippen molar-refractivity contribution in [2.24, 2.45) is 0 Å². The molecule has 5 nitrogen and oxygen atoms in total. The van der Waals surface area contributed by atoms with Crippen molar-refractivity contribution in [3.63, 3.8) is 0 Å². The van der Waals surface area contributed by atoms with E-state index in [2.05, 4.69) is 10.2 Å². The minimum absolute atomic E-state index is 0.274. The Bertz CT molecular complexity index is 891. The summed E-state index contributed by atoms with van der Waals surface area (Å²) in [5.41, 5.74) is 2.00. The van der Waals surface area contributed by atoms with Crippen molar-refractivity contribution in [3.8, 4) is 0 Å². The Morgan fingerprint density at radius 1 is 1.41 bits per heavy atom. The van der Waals surface area contributed by atoms with Gasteiger partial charge in [0.25, 0.3) is 0 Å². The Labute approximate surface area is 161 Å². The van der Waals surface area contributed by atoms with E-state index in [-0.39, 0.29) is 18.3 Å². The summed E-state index contributed by atoms with van der Waals surface area (Å²) in [7, 11) is 2.02. The highest BCUT2D eigenvalue weighted by Gasteiger charge is 2.28. The first kappa shape index (κ1) is 19.3. The van der Waals surface area contributed by atoms with Gasteiger partial charge in [0.2, 0.25) is 5.91 Å². The SMILES string of the molecule is CCOC(=O)c1c(NC(=O)/C=C/c2cccc(F)c2)sc2c1CCN(C)C2. The molecule has 1 N–H and O–H groups in total. The second-order valence-corrected chi connectivity index (χ2v) is 7.40. The van der Waals surface area contributed by atoms with Gasteiger partial charge < -0.3 is 15.0 Å². The number of halogens is 1. The van der Waals surface area contributed by atoms with Crippen LogP contribution in [-0.2, 0) is 22.5 Å². The first-order valence-electron chi connectivity index (χ1n) is 8.72. The largest absolute Gasteiger partial charge is 0.462 e. The summed E-state index contributed by atoms with van der Waals surface area (Å²) in [5.74, 6) is -1.15. The van der Waals surface area contributed by atoms with Gasteiger partial charge in [0.15, 0.2) is 0 Å². The van der Waals surface area contributed by atoms with E-state index in [1.165, 1.54) is 35.6 Å². The molecule has 0 fully saturated rings. The highest BCUT2D eigenvalue weighted by molar-refractivity contribution is 7.17. The first-order valence-corrected chi connectivity index (χ1v) is 9.54. The molecule has 0 aliphatic carbocycles. The van der Waals surface area contributed by atoms with Crippen LogP contribution in [0.25, 0.3) is 6.08 Å². The molecule has 27 heavy (non-hydrogen) atoms. The van der Waals surface area contributed by atoms with E-state index < -0.39 is 5.97 Å². The summed E-state index contributed by atoms with van der Waals surface area (Å²) in [6, 6.07) is 5.97. The molecule has 7 heteroatoms. The Hall–Kier alpha value is -2.51. The first-order chi connectivity index (χ1) is 13.0. The fourth-order valence-electron chi connectivity index (χ4n) is 2.97. The van der Waals surface area contributed by atoms with Gasteiger partial charge in [-0.1, -0.05) is 12.1 Å². The summed E-state index contributed by atoms with van der Waals surface area (Å²) < 4.78 is 18.4. The standard InChI is InChI=1S/C20H21FN2O3S/c1-3-26-20(25)18-15-9-10-23(2)12-16(15)27-19(18)22-17(24)8-7-13-5-4-6-14(21)11-13/h4-8,11H,3,9-10,12H2,1-2H3,(H,22,24)/b8-7+. The molecule has 1 amide bonds. The molecule has 2 heterocycles. The number of fused-ring (bicyclic) bond motifs is 1. The summed E-state index contributed by atoms with van der Waals surface area (Å²) in [4.78, 5) is 28.0. The highest BCUT2D eigenvalue weighted by atomic mass is 32.1. The lowest BCUT2D eigenvalue weighted by atomic mass is 10.0. The van der Waals surface area contributed by atoms with Crippen molar-refractivity contribution in [2.75, 3.05) is 25.5 Å². The third kappa shape index (κ3) is 4.61. The van der Waals surface area contributed by atoms with E-state index in [0.29, 0.717) is 16.1 Å². The fraction of sp³-hybridized carbons (Fsp3) is 0.300. The average molecular weight is 388 g/mol. The smallest absolute Gasteiger partial charge is 0.341 e. The Balaban J connectivity index is 1.83. The van der Waals surface area contributed by atoms with Crippen molar-refractivity contribution in [2.45, 2.75) is 19.9 Å². The third-order valence-electron chi connectivity index (χ3n) is 4.24. The Kier molecular flexibility index (Phi) is 6.03. The molecule has 0 spiro atoms. The van der Waals surface area contributed by atoms with Crippen LogP contribution < -0.4 is 5.32 Å². The minimum atomic E-state index is -0.413. The summed E-state index contributed by atoms with van der Waals surface area (Å²) in [6.45, 7) is 3.62. The van der Waals surface area contributed by atoms with E-state index >= 15 is 0 Å². The van der Waals surface area contributed by atoms with E-state index in [1.807, 2.05) is 7.05 Å². The van der Waals surface area contributed by atoms with Crippen molar-refractivity contribution < 1.29 is 18.7 Å². The van der Waals surface area contributed by atoms with Crippen molar-refractivity contribution in [1.82, 2.24) is 4.90 Å². The van der Waals surface area contributed by atoms with Crippen molar-refractivity contribution in [3.05, 3.63) is 57.7 Å². The lowest BCUT2D eigenvalue weighted by Crippen LogP contribution is -2.26. The van der Waals surface area contributed by atoms with Crippen LogP contribution in [0.15, 0.2) is 30.3 Å². The number of carbonyl (C=O) groups excluding carboxylic acids is 2. The second kappa shape index (κ2) is 8.45. The van der Waals surface area contributed by atoms with Crippen LogP contribution >= 0.6 is 11.3 Å². The number of likely N-dealkylation sites (N-methyl/N-ethyl adjacent to an activating group) is 1. The number of amides is 1. The van der Waals surface area contributed by atoms with Crippen LogP contribution in [0.1, 0.15) is 33.3 Å². The molecule has 1 aliphatic heterocycles. The second-order valence-electron chi connectivity index (χ2n) is 6.29. The molecule has 2 aromatic rings. The van der Waals surface area contributed by atoms with Gasteiger partial charge in [0.1, 0.15) is 10.8 Å². The quantitative estimate of drug-likeness (QED) is 0.627. The maximum atomic E-state index is 13.2. The predicted octanol–water partition coefficient (Wildman–Crippen LogP) is 3.70. The number of ether oxygens (including phenoxy) is 1. The zero-order valence-corrected chi connectivity index (χ0v) is 16.1.